The third-order valence-corrected chi connectivity index (χ3v) is 6.20. The standard InChI is InChI=1S/C25H33F3N2O/c1-4-5-6-7-8-9-14-20-19-13-11-10-12-18(19)15-16-21(20)22(25(26,27)28)30-17-24(2,3)23(31)29-30/h10-13,15-16,22H,4-9,14,17H2,1-3H3,(H,29,31)/t22-/m0/s1. The molecule has 2 aromatic carbocycles. The van der Waals surface area contributed by atoms with Gasteiger partial charge < -0.3 is 0 Å². The molecule has 0 spiro atoms. The molecule has 1 saturated heterocycles. The lowest BCUT2D eigenvalue weighted by Crippen LogP contribution is -2.44. The third kappa shape index (κ3) is 5.40. The first-order chi connectivity index (χ1) is 14.6. The van der Waals surface area contributed by atoms with Crippen molar-refractivity contribution in [3.05, 3.63) is 47.5 Å². The Labute approximate surface area is 183 Å². The van der Waals surface area contributed by atoms with E-state index in [1.807, 2.05) is 24.3 Å². The fraction of sp³-hybridized carbons (Fsp3) is 0.560. The van der Waals surface area contributed by atoms with Crippen LogP contribution in [0.1, 0.15) is 76.5 Å². The Bertz CT molecular complexity index is 907. The van der Waals surface area contributed by atoms with Gasteiger partial charge in [0.1, 0.15) is 6.04 Å². The minimum atomic E-state index is -4.51. The van der Waals surface area contributed by atoms with Crippen molar-refractivity contribution in [2.75, 3.05) is 6.54 Å². The maximum atomic E-state index is 14.4. The van der Waals surface area contributed by atoms with E-state index < -0.39 is 17.6 Å². The number of nitrogens with one attached hydrogen (secondary N) is 1. The van der Waals surface area contributed by atoms with Crippen molar-refractivity contribution < 1.29 is 18.0 Å². The largest absolute Gasteiger partial charge is 0.409 e. The summed E-state index contributed by atoms with van der Waals surface area (Å²) in [6.45, 7) is 5.53. The van der Waals surface area contributed by atoms with Gasteiger partial charge in [0.15, 0.2) is 0 Å². The summed E-state index contributed by atoms with van der Waals surface area (Å²) < 4.78 is 43.1. The first-order valence-electron chi connectivity index (χ1n) is 11.3. The van der Waals surface area contributed by atoms with Crippen LogP contribution in [0.5, 0.6) is 0 Å². The summed E-state index contributed by atoms with van der Waals surface area (Å²) in [6.07, 6.45) is 2.58. The zero-order valence-corrected chi connectivity index (χ0v) is 18.7. The molecule has 0 aromatic heterocycles. The predicted octanol–water partition coefficient (Wildman–Crippen LogP) is 6.72. The summed E-state index contributed by atoms with van der Waals surface area (Å²) in [6, 6.07) is 9.12. The smallest absolute Gasteiger partial charge is 0.287 e. The number of hydrazine groups is 1. The number of carbonyl (C=O) groups excluding carboxylic acids is 1. The van der Waals surface area contributed by atoms with E-state index in [4.69, 9.17) is 0 Å². The van der Waals surface area contributed by atoms with E-state index in [0.717, 1.165) is 40.6 Å². The molecule has 0 radical (unpaired) electrons. The van der Waals surface area contributed by atoms with Crippen molar-refractivity contribution in [1.82, 2.24) is 10.4 Å². The van der Waals surface area contributed by atoms with E-state index in [1.165, 1.54) is 19.3 Å². The van der Waals surface area contributed by atoms with Gasteiger partial charge in [-0.05, 0) is 48.6 Å². The number of unbranched alkanes of at least 4 members (excludes halogenated alkanes) is 5. The van der Waals surface area contributed by atoms with E-state index in [2.05, 4.69) is 12.3 Å². The van der Waals surface area contributed by atoms with Crippen molar-refractivity contribution in [3.63, 3.8) is 0 Å². The molecule has 31 heavy (non-hydrogen) atoms. The van der Waals surface area contributed by atoms with Crippen molar-refractivity contribution >= 4 is 16.7 Å². The molecule has 3 nitrogen and oxygen atoms in total. The highest BCUT2D eigenvalue weighted by Gasteiger charge is 2.51. The van der Waals surface area contributed by atoms with Gasteiger partial charge in [-0.15, -0.1) is 0 Å². The number of hydrogen-bond acceptors (Lipinski definition) is 2. The summed E-state index contributed by atoms with van der Waals surface area (Å²) >= 11 is 0. The van der Waals surface area contributed by atoms with E-state index in [-0.39, 0.29) is 18.0 Å². The minimum absolute atomic E-state index is 0.0132. The quantitative estimate of drug-likeness (QED) is 0.444. The van der Waals surface area contributed by atoms with Gasteiger partial charge in [-0.1, -0.05) is 75.4 Å². The van der Waals surface area contributed by atoms with Crippen molar-refractivity contribution in [2.45, 2.75) is 77.9 Å². The normalized spacial score (nSPS) is 17.8. The molecule has 1 aliphatic rings. The summed E-state index contributed by atoms with van der Waals surface area (Å²) in [4.78, 5) is 12.2. The van der Waals surface area contributed by atoms with Crippen LogP contribution >= 0.6 is 0 Å². The molecule has 0 unspecified atom stereocenters. The third-order valence-electron chi connectivity index (χ3n) is 6.20. The zero-order chi connectivity index (χ0) is 22.6. The number of aryl methyl sites for hydroxylation is 1. The second-order valence-electron chi connectivity index (χ2n) is 9.27. The fourth-order valence-corrected chi connectivity index (χ4v) is 4.47. The van der Waals surface area contributed by atoms with E-state index >= 15 is 0 Å². The van der Waals surface area contributed by atoms with Gasteiger partial charge >= 0.3 is 6.18 Å². The topological polar surface area (TPSA) is 32.3 Å². The van der Waals surface area contributed by atoms with Crippen LogP contribution in [0.2, 0.25) is 0 Å². The van der Waals surface area contributed by atoms with Gasteiger partial charge in [-0.25, -0.2) is 5.01 Å². The number of benzene rings is 2. The molecule has 1 amide bonds. The highest BCUT2D eigenvalue weighted by Crippen LogP contribution is 2.43. The van der Waals surface area contributed by atoms with E-state index in [0.29, 0.717) is 6.42 Å². The molecule has 1 atom stereocenters. The second kappa shape index (κ2) is 9.60. The van der Waals surface area contributed by atoms with Crippen LogP contribution in [0.15, 0.2) is 36.4 Å². The number of amides is 1. The van der Waals surface area contributed by atoms with Crippen LogP contribution in [0, 0.1) is 5.41 Å². The molecule has 6 heteroatoms. The summed E-state index contributed by atoms with van der Waals surface area (Å²) in [5.74, 6) is -0.375. The maximum Gasteiger partial charge on any atom is 0.409 e. The van der Waals surface area contributed by atoms with Crippen LogP contribution < -0.4 is 5.43 Å². The lowest BCUT2D eigenvalue weighted by atomic mass is 9.89. The molecule has 3 rings (SSSR count). The van der Waals surface area contributed by atoms with Crippen LogP contribution in [0.3, 0.4) is 0 Å². The highest BCUT2D eigenvalue weighted by atomic mass is 19.4. The zero-order valence-electron chi connectivity index (χ0n) is 18.7. The number of halogens is 3. The number of hydrogen-bond donors (Lipinski definition) is 1. The van der Waals surface area contributed by atoms with Gasteiger partial charge in [0.25, 0.3) is 0 Å². The summed E-state index contributed by atoms with van der Waals surface area (Å²) in [5, 5.41) is 2.89. The predicted molar refractivity (Wildman–Crippen MR) is 118 cm³/mol. The Balaban J connectivity index is 1.97. The number of nitrogens with zero attached hydrogens (tertiary/aromatic N) is 1. The number of rotatable bonds is 9. The molecule has 0 aliphatic carbocycles. The van der Waals surface area contributed by atoms with E-state index in [1.54, 1.807) is 26.0 Å². The Morgan fingerprint density at radius 3 is 2.35 bits per heavy atom. The first kappa shape index (κ1) is 23.6. The first-order valence-corrected chi connectivity index (χ1v) is 11.3. The number of carbonyl (C=O) groups is 1. The molecule has 0 bridgehead atoms. The highest BCUT2D eigenvalue weighted by molar-refractivity contribution is 5.87. The SMILES string of the molecule is CCCCCCCCc1c([C@H](N2CC(C)(C)C(=O)N2)C(F)(F)F)ccc2ccccc12. The van der Waals surface area contributed by atoms with Gasteiger partial charge in [0.05, 0.1) is 5.41 Å². The van der Waals surface area contributed by atoms with Crippen LogP contribution in [0.4, 0.5) is 13.2 Å². The summed E-state index contributed by atoms with van der Waals surface area (Å²) in [7, 11) is 0. The lowest BCUT2D eigenvalue weighted by molar-refractivity contribution is -0.191. The molecular formula is C25H33F3N2O. The van der Waals surface area contributed by atoms with Gasteiger partial charge in [0.2, 0.25) is 5.91 Å². The monoisotopic (exact) mass is 434 g/mol. The molecule has 1 heterocycles. The number of fused-ring (bicyclic) bond motifs is 1. The average Bonchev–Trinajstić information content (AvgIpc) is 2.96. The minimum Gasteiger partial charge on any atom is -0.287 e. The van der Waals surface area contributed by atoms with Crippen molar-refractivity contribution in [3.8, 4) is 0 Å². The summed E-state index contributed by atoms with van der Waals surface area (Å²) in [5.41, 5.74) is 2.62. The van der Waals surface area contributed by atoms with Gasteiger partial charge in [-0.2, -0.15) is 13.2 Å². The second-order valence-corrected chi connectivity index (χ2v) is 9.27. The van der Waals surface area contributed by atoms with Gasteiger partial charge in [-0.3, -0.25) is 10.2 Å². The molecule has 1 aliphatic heterocycles. The number of alkyl halides is 3. The Morgan fingerprint density at radius 2 is 1.71 bits per heavy atom. The average molecular weight is 435 g/mol. The molecule has 1 N–H and O–H groups in total. The lowest BCUT2D eigenvalue weighted by Gasteiger charge is -2.32. The Hall–Kier alpha value is -2.08. The van der Waals surface area contributed by atoms with Crippen molar-refractivity contribution in [2.24, 2.45) is 5.41 Å². The van der Waals surface area contributed by atoms with Crippen LogP contribution in [-0.2, 0) is 11.2 Å². The molecular weight excluding hydrogens is 401 g/mol. The van der Waals surface area contributed by atoms with Crippen LogP contribution in [-0.4, -0.2) is 23.6 Å². The fourth-order valence-electron chi connectivity index (χ4n) is 4.47. The molecule has 0 saturated carbocycles. The Morgan fingerprint density at radius 1 is 1.03 bits per heavy atom. The molecule has 2 aromatic rings. The van der Waals surface area contributed by atoms with E-state index in [9.17, 15) is 18.0 Å². The van der Waals surface area contributed by atoms with Crippen LogP contribution in [0.25, 0.3) is 10.8 Å². The molecule has 1 fully saturated rings. The maximum absolute atomic E-state index is 14.4. The molecule has 170 valence electrons. The van der Waals surface area contributed by atoms with Crippen molar-refractivity contribution in [1.29, 1.82) is 0 Å². The Kier molecular flexibility index (Phi) is 7.30. The van der Waals surface area contributed by atoms with Gasteiger partial charge in [0, 0.05) is 6.54 Å².